The lowest BCUT2D eigenvalue weighted by molar-refractivity contribution is -0.246. The van der Waals surface area contributed by atoms with Crippen LogP contribution in [0.25, 0.3) is 0 Å². The van der Waals surface area contributed by atoms with Crippen LogP contribution >= 0.6 is 0 Å². The first-order valence-electron chi connectivity index (χ1n) is 6.40. The van der Waals surface area contributed by atoms with E-state index in [1.807, 2.05) is 13.8 Å². The van der Waals surface area contributed by atoms with Gasteiger partial charge in [0.25, 0.3) is 0 Å². The Morgan fingerprint density at radius 2 is 2.06 bits per heavy atom. The summed E-state index contributed by atoms with van der Waals surface area (Å²) in [6, 6.07) is 1.49. The third-order valence-electron chi connectivity index (χ3n) is 4.12. The maximum atomic E-state index is 14.0. The number of nitrogens with zero attached hydrogens (tertiary/aromatic N) is 1. The number of pyridine rings is 1. The molecule has 0 atom stereocenters. The monoisotopic (exact) mass is 251 g/mol. The smallest absolute Gasteiger partial charge is 0.147 e. The number of hydrogen-bond acceptors (Lipinski definition) is 3. The second kappa shape index (κ2) is 3.75. The van der Waals surface area contributed by atoms with E-state index >= 15 is 0 Å². The van der Waals surface area contributed by atoms with Gasteiger partial charge in [0.05, 0.1) is 13.2 Å². The summed E-state index contributed by atoms with van der Waals surface area (Å²) in [7, 11) is 0. The van der Waals surface area contributed by atoms with E-state index in [0.29, 0.717) is 26.1 Å². The summed E-state index contributed by atoms with van der Waals surface area (Å²) in [5.41, 5.74) is 0.0495. The average Bonchev–Trinajstić information content (AvgIpc) is 2.22. The zero-order valence-corrected chi connectivity index (χ0v) is 10.7. The molecule has 1 aromatic rings. The molecule has 98 valence electrons. The lowest BCUT2D eigenvalue weighted by Gasteiger charge is -2.57. The summed E-state index contributed by atoms with van der Waals surface area (Å²) < 4.78 is 19.2. The standard InChI is InChI=1S/C14H18FNO2/c1-9(2)10-3-11(15)12(16-4-10)14(17)5-13(6-14)7-18-8-13/h3-4,9,17H,5-8H2,1-2H3. The van der Waals surface area contributed by atoms with Gasteiger partial charge in [-0.2, -0.15) is 0 Å². The zero-order valence-electron chi connectivity index (χ0n) is 10.7. The Kier molecular flexibility index (Phi) is 2.51. The van der Waals surface area contributed by atoms with Crippen LogP contribution in [-0.4, -0.2) is 23.3 Å². The quantitative estimate of drug-likeness (QED) is 0.877. The van der Waals surface area contributed by atoms with Gasteiger partial charge in [-0.05, 0) is 30.4 Å². The Hall–Kier alpha value is -1.00. The first-order chi connectivity index (χ1) is 8.44. The summed E-state index contributed by atoms with van der Waals surface area (Å²) >= 11 is 0. The summed E-state index contributed by atoms with van der Waals surface area (Å²) in [5.74, 6) is -0.151. The summed E-state index contributed by atoms with van der Waals surface area (Å²) in [6.45, 7) is 5.35. The van der Waals surface area contributed by atoms with E-state index in [4.69, 9.17) is 4.74 Å². The Balaban J connectivity index is 1.84. The fourth-order valence-electron chi connectivity index (χ4n) is 3.06. The third kappa shape index (κ3) is 1.67. The van der Waals surface area contributed by atoms with Crippen LogP contribution in [0.5, 0.6) is 0 Å². The zero-order chi connectivity index (χ0) is 13.0. The Morgan fingerprint density at radius 1 is 1.39 bits per heavy atom. The van der Waals surface area contributed by atoms with Gasteiger partial charge in [0.15, 0.2) is 0 Å². The van der Waals surface area contributed by atoms with Gasteiger partial charge in [0, 0.05) is 11.6 Å². The number of aromatic nitrogens is 1. The minimum atomic E-state index is -1.09. The van der Waals surface area contributed by atoms with E-state index in [2.05, 4.69) is 4.98 Å². The van der Waals surface area contributed by atoms with Crippen molar-refractivity contribution >= 4 is 0 Å². The van der Waals surface area contributed by atoms with E-state index in [-0.39, 0.29) is 17.0 Å². The third-order valence-corrected chi connectivity index (χ3v) is 4.12. The lowest BCUT2D eigenvalue weighted by Crippen LogP contribution is -2.60. The molecular formula is C14H18FNO2. The van der Waals surface area contributed by atoms with Gasteiger partial charge in [0.2, 0.25) is 0 Å². The van der Waals surface area contributed by atoms with Gasteiger partial charge in [0.1, 0.15) is 17.1 Å². The van der Waals surface area contributed by atoms with E-state index < -0.39 is 11.4 Å². The first kappa shape index (κ1) is 12.1. The summed E-state index contributed by atoms with van der Waals surface area (Å²) in [4.78, 5) is 4.15. The minimum Gasteiger partial charge on any atom is -0.383 e. The lowest BCUT2D eigenvalue weighted by atomic mass is 9.57. The van der Waals surface area contributed by atoms with Gasteiger partial charge < -0.3 is 9.84 Å². The van der Waals surface area contributed by atoms with Crippen LogP contribution in [-0.2, 0) is 10.3 Å². The predicted molar refractivity (Wildman–Crippen MR) is 64.7 cm³/mol. The van der Waals surface area contributed by atoms with E-state index in [0.717, 1.165) is 5.56 Å². The van der Waals surface area contributed by atoms with Crippen molar-refractivity contribution in [3.63, 3.8) is 0 Å². The second-order valence-electron chi connectivity index (χ2n) is 6.13. The van der Waals surface area contributed by atoms with Crippen molar-refractivity contribution in [1.82, 2.24) is 4.98 Å². The van der Waals surface area contributed by atoms with Crippen LogP contribution < -0.4 is 0 Å². The van der Waals surface area contributed by atoms with Gasteiger partial charge in [-0.1, -0.05) is 13.8 Å². The SMILES string of the molecule is CC(C)c1cnc(C2(O)CC3(COC3)C2)c(F)c1. The first-order valence-corrected chi connectivity index (χ1v) is 6.40. The molecule has 2 aliphatic rings. The van der Waals surface area contributed by atoms with Crippen molar-refractivity contribution in [2.75, 3.05) is 13.2 Å². The largest absolute Gasteiger partial charge is 0.383 e. The summed E-state index contributed by atoms with van der Waals surface area (Å²) in [6.07, 6.45) is 2.79. The molecule has 4 heteroatoms. The molecule has 0 radical (unpaired) electrons. The van der Waals surface area contributed by atoms with Gasteiger partial charge in [-0.15, -0.1) is 0 Å². The van der Waals surface area contributed by atoms with Crippen molar-refractivity contribution in [2.24, 2.45) is 5.41 Å². The molecule has 1 aliphatic carbocycles. The van der Waals surface area contributed by atoms with Crippen molar-refractivity contribution < 1.29 is 14.2 Å². The highest BCUT2D eigenvalue weighted by atomic mass is 19.1. The van der Waals surface area contributed by atoms with E-state index in [1.54, 1.807) is 6.20 Å². The predicted octanol–water partition coefficient (Wildman–Crippen LogP) is 2.34. The molecule has 1 aromatic heterocycles. The fourth-order valence-corrected chi connectivity index (χ4v) is 3.06. The molecule has 0 bridgehead atoms. The van der Waals surface area contributed by atoms with Crippen LogP contribution in [0.3, 0.4) is 0 Å². The summed E-state index contributed by atoms with van der Waals surface area (Å²) in [5, 5.41) is 10.4. The van der Waals surface area contributed by atoms with Gasteiger partial charge in [-0.25, -0.2) is 4.39 Å². The molecule has 1 saturated heterocycles. The Morgan fingerprint density at radius 3 is 2.50 bits per heavy atom. The molecule has 1 spiro atoms. The normalized spacial score (nSPS) is 23.8. The minimum absolute atomic E-state index is 0.0829. The van der Waals surface area contributed by atoms with Crippen LogP contribution in [0.4, 0.5) is 4.39 Å². The van der Waals surface area contributed by atoms with Gasteiger partial charge in [-0.3, -0.25) is 4.98 Å². The second-order valence-corrected chi connectivity index (χ2v) is 6.13. The van der Waals surface area contributed by atoms with Crippen LogP contribution in [0.1, 0.15) is 43.9 Å². The molecule has 2 heterocycles. The van der Waals surface area contributed by atoms with Crippen molar-refractivity contribution in [3.05, 3.63) is 29.3 Å². The fraction of sp³-hybridized carbons (Fsp3) is 0.643. The van der Waals surface area contributed by atoms with Crippen LogP contribution in [0.15, 0.2) is 12.3 Å². The highest BCUT2D eigenvalue weighted by Gasteiger charge is 2.59. The highest BCUT2D eigenvalue weighted by Crippen LogP contribution is 2.57. The molecule has 1 saturated carbocycles. The molecule has 1 N–H and O–H groups in total. The number of ether oxygens (including phenoxy) is 1. The Labute approximate surface area is 106 Å². The van der Waals surface area contributed by atoms with Crippen molar-refractivity contribution in [2.45, 2.75) is 38.2 Å². The van der Waals surface area contributed by atoms with Gasteiger partial charge >= 0.3 is 0 Å². The average molecular weight is 251 g/mol. The van der Waals surface area contributed by atoms with E-state index in [1.165, 1.54) is 6.07 Å². The number of aliphatic hydroxyl groups is 1. The van der Waals surface area contributed by atoms with Crippen LogP contribution in [0, 0.1) is 11.2 Å². The topological polar surface area (TPSA) is 42.4 Å². The van der Waals surface area contributed by atoms with Crippen LogP contribution in [0.2, 0.25) is 0 Å². The molecule has 18 heavy (non-hydrogen) atoms. The number of hydrogen-bond donors (Lipinski definition) is 1. The molecule has 0 aromatic carbocycles. The molecular weight excluding hydrogens is 233 g/mol. The van der Waals surface area contributed by atoms with E-state index in [9.17, 15) is 9.50 Å². The van der Waals surface area contributed by atoms with Crippen molar-refractivity contribution in [3.8, 4) is 0 Å². The Bertz CT molecular complexity index is 475. The maximum Gasteiger partial charge on any atom is 0.147 e. The number of rotatable bonds is 2. The number of halogens is 1. The van der Waals surface area contributed by atoms with Crippen molar-refractivity contribution in [1.29, 1.82) is 0 Å². The molecule has 3 nitrogen and oxygen atoms in total. The molecule has 2 fully saturated rings. The molecule has 0 amide bonds. The molecule has 3 rings (SSSR count). The maximum absolute atomic E-state index is 14.0. The highest BCUT2D eigenvalue weighted by molar-refractivity contribution is 5.27. The molecule has 1 aliphatic heterocycles. The molecule has 0 unspecified atom stereocenters.